The van der Waals surface area contributed by atoms with Gasteiger partial charge in [-0.1, -0.05) is 13.8 Å². The fourth-order valence-electron chi connectivity index (χ4n) is 3.89. The summed E-state index contributed by atoms with van der Waals surface area (Å²) in [5.41, 5.74) is 1.90. The maximum absolute atomic E-state index is 13.3. The molecule has 1 amide bonds. The summed E-state index contributed by atoms with van der Waals surface area (Å²) in [7, 11) is 0. The van der Waals surface area contributed by atoms with Gasteiger partial charge in [0.1, 0.15) is 5.01 Å². The Morgan fingerprint density at radius 1 is 1.24 bits per heavy atom. The fraction of sp³-hybridized carbons (Fsp3) is 0.333. The molecule has 4 heterocycles. The minimum Gasteiger partial charge on any atom is -0.345 e. The quantitative estimate of drug-likeness (QED) is 0.423. The molecule has 0 radical (unpaired) electrons. The first-order chi connectivity index (χ1) is 16.4. The van der Waals surface area contributed by atoms with E-state index in [0.29, 0.717) is 6.54 Å². The number of aromatic nitrogens is 5. The number of nitrogens with one attached hydrogen (secondary N) is 2. The van der Waals surface area contributed by atoms with Gasteiger partial charge in [-0.25, -0.2) is 14.8 Å². The second kappa shape index (κ2) is 8.94. The average molecular weight is 477 g/mol. The fourth-order valence-corrected chi connectivity index (χ4v) is 4.64. The van der Waals surface area contributed by atoms with E-state index in [0.717, 1.165) is 34.8 Å². The van der Waals surface area contributed by atoms with Crippen molar-refractivity contribution in [2.45, 2.75) is 45.7 Å². The van der Waals surface area contributed by atoms with Gasteiger partial charge in [0.05, 0.1) is 23.2 Å². The van der Waals surface area contributed by atoms with Crippen molar-refractivity contribution in [1.82, 2.24) is 29.8 Å². The minimum absolute atomic E-state index is 0.138. The summed E-state index contributed by atoms with van der Waals surface area (Å²) in [5, 5.41) is 5.70. The first-order valence-electron chi connectivity index (χ1n) is 11.2. The van der Waals surface area contributed by atoms with Crippen molar-refractivity contribution in [3.63, 3.8) is 0 Å². The predicted octanol–water partition coefficient (Wildman–Crippen LogP) is 3.07. The van der Waals surface area contributed by atoms with E-state index in [1.54, 1.807) is 18.5 Å². The number of rotatable bonds is 7. The summed E-state index contributed by atoms with van der Waals surface area (Å²) in [6, 6.07) is 5.45. The van der Waals surface area contributed by atoms with Gasteiger partial charge in [0.2, 0.25) is 0 Å². The number of fused-ring (bicyclic) bond motifs is 1. The number of hydrogen-bond donors (Lipinski definition) is 2. The normalized spacial score (nSPS) is 13.5. The number of thiazole rings is 1. The largest absolute Gasteiger partial charge is 0.345 e. The van der Waals surface area contributed by atoms with Gasteiger partial charge in [0.15, 0.2) is 5.65 Å². The molecule has 5 rings (SSSR count). The molecule has 34 heavy (non-hydrogen) atoms. The van der Waals surface area contributed by atoms with Gasteiger partial charge in [-0.3, -0.25) is 24.1 Å². The summed E-state index contributed by atoms with van der Waals surface area (Å²) in [6.45, 7) is 4.58. The lowest BCUT2D eigenvalue weighted by Gasteiger charge is -2.14. The van der Waals surface area contributed by atoms with Crippen LogP contribution in [0.25, 0.3) is 22.3 Å². The highest BCUT2D eigenvalue weighted by Gasteiger charge is 2.29. The van der Waals surface area contributed by atoms with Crippen LogP contribution in [0, 0.1) is 5.92 Å². The summed E-state index contributed by atoms with van der Waals surface area (Å²) in [5.74, 6) is 0.0184. The SMILES string of the molecule is CC(C)Cn1c(=O)[nH]c(=O)c2c(C(=O)NCc3nc(-c4ccncc4)cs3)cc(C3CC3)nc21. The second-order valence-corrected chi connectivity index (χ2v) is 9.82. The van der Waals surface area contributed by atoms with E-state index < -0.39 is 17.2 Å². The van der Waals surface area contributed by atoms with Crippen LogP contribution in [0.2, 0.25) is 0 Å². The van der Waals surface area contributed by atoms with E-state index in [9.17, 15) is 14.4 Å². The van der Waals surface area contributed by atoms with E-state index in [-0.39, 0.29) is 35.0 Å². The molecule has 2 N–H and O–H groups in total. The van der Waals surface area contributed by atoms with Gasteiger partial charge in [-0.05, 0) is 37.0 Å². The molecule has 10 heteroatoms. The van der Waals surface area contributed by atoms with Crippen LogP contribution in [-0.4, -0.2) is 30.4 Å². The van der Waals surface area contributed by atoms with E-state index in [1.165, 1.54) is 15.9 Å². The molecule has 0 aromatic carbocycles. The van der Waals surface area contributed by atoms with Crippen LogP contribution in [0.3, 0.4) is 0 Å². The standard InChI is InChI=1S/C24H24N6O3S/c1-13(2)11-30-21-20(23(32)29-24(30)33)16(9-17(28-21)14-3-4-14)22(31)26-10-19-27-18(12-34-19)15-5-7-25-8-6-15/h5-9,12-14H,3-4,10-11H2,1-2H3,(H,26,31)(H,29,32,33). The van der Waals surface area contributed by atoms with Gasteiger partial charge in [-0.15, -0.1) is 11.3 Å². The lowest BCUT2D eigenvalue weighted by Crippen LogP contribution is -2.34. The summed E-state index contributed by atoms with van der Waals surface area (Å²) < 4.78 is 1.46. The highest BCUT2D eigenvalue weighted by Crippen LogP contribution is 2.40. The van der Waals surface area contributed by atoms with Crippen LogP contribution >= 0.6 is 11.3 Å². The number of H-pyrrole nitrogens is 1. The Morgan fingerprint density at radius 3 is 2.71 bits per heavy atom. The van der Waals surface area contributed by atoms with Crippen molar-refractivity contribution in [3.05, 3.63) is 73.1 Å². The van der Waals surface area contributed by atoms with Crippen molar-refractivity contribution in [2.75, 3.05) is 0 Å². The van der Waals surface area contributed by atoms with E-state index in [4.69, 9.17) is 0 Å². The zero-order chi connectivity index (χ0) is 23.8. The zero-order valence-electron chi connectivity index (χ0n) is 18.9. The maximum Gasteiger partial charge on any atom is 0.330 e. The van der Waals surface area contributed by atoms with Crippen LogP contribution in [0.1, 0.15) is 53.7 Å². The van der Waals surface area contributed by atoms with E-state index in [2.05, 4.69) is 25.3 Å². The van der Waals surface area contributed by atoms with Crippen molar-refractivity contribution in [2.24, 2.45) is 5.92 Å². The molecule has 4 aromatic heterocycles. The Kier molecular flexibility index (Phi) is 5.82. The van der Waals surface area contributed by atoms with Gasteiger partial charge in [0.25, 0.3) is 11.5 Å². The highest BCUT2D eigenvalue weighted by atomic mass is 32.1. The van der Waals surface area contributed by atoms with E-state index in [1.807, 2.05) is 31.4 Å². The van der Waals surface area contributed by atoms with Crippen LogP contribution in [0.4, 0.5) is 0 Å². The smallest absolute Gasteiger partial charge is 0.330 e. The van der Waals surface area contributed by atoms with Crippen LogP contribution in [0.5, 0.6) is 0 Å². The van der Waals surface area contributed by atoms with Gasteiger partial charge in [-0.2, -0.15) is 0 Å². The number of hydrogen-bond acceptors (Lipinski definition) is 7. The molecule has 1 aliphatic rings. The molecule has 0 aliphatic heterocycles. The van der Waals surface area contributed by atoms with Gasteiger partial charge in [0, 0.05) is 41.5 Å². The molecule has 1 fully saturated rings. The summed E-state index contributed by atoms with van der Waals surface area (Å²) in [6.07, 6.45) is 5.37. The summed E-state index contributed by atoms with van der Waals surface area (Å²) >= 11 is 1.45. The molecule has 0 unspecified atom stereocenters. The number of aromatic amines is 1. The maximum atomic E-state index is 13.3. The number of carbonyl (C=O) groups excluding carboxylic acids is 1. The molecule has 0 saturated heterocycles. The molecule has 0 spiro atoms. The number of amides is 1. The van der Waals surface area contributed by atoms with Crippen molar-refractivity contribution in [3.8, 4) is 11.3 Å². The molecule has 1 aliphatic carbocycles. The third-order valence-electron chi connectivity index (χ3n) is 5.68. The first kappa shape index (κ1) is 22.1. The minimum atomic E-state index is -0.603. The summed E-state index contributed by atoms with van der Waals surface area (Å²) in [4.78, 5) is 54.2. The predicted molar refractivity (Wildman–Crippen MR) is 130 cm³/mol. The van der Waals surface area contributed by atoms with Crippen molar-refractivity contribution in [1.29, 1.82) is 0 Å². The third-order valence-corrected chi connectivity index (χ3v) is 6.53. The first-order valence-corrected chi connectivity index (χ1v) is 12.1. The molecule has 4 aromatic rings. The molecule has 9 nitrogen and oxygen atoms in total. The second-order valence-electron chi connectivity index (χ2n) is 8.88. The molecule has 1 saturated carbocycles. The molecule has 174 valence electrons. The van der Waals surface area contributed by atoms with Crippen LogP contribution in [0.15, 0.2) is 45.6 Å². The molecule has 0 bridgehead atoms. The Morgan fingerprint density at radius 2 is 2.00 bits per heavy atom. The van der Waals surface area contributed by atoms with Crippen molar-refractivity contribution < 1.29 is 4.79 Å². The lowest BCUT2D eigenvalue weighted by atomic mass is 10.1. The Balaban J connectivity index is 1.49. The van der Waals surface area contributed by atoms with Crippen molar-refractivity contribution >= 4 is 28.3 Å². The number of carbonyl (C=O) groups is 1. The van der Waals surface area contributed by atoms with Crippen LogP contribution in [-0.2, 0) is 13.1 Å². The topological polar surface area (TPSA) is 123 Å². The monoisotopic (exact) mass is 476 g/mol. The Labute approximate surface area is 198 Å². The molecular weight excluding hydrogens is 452 g/mol. The molecule has 0 atom stereocenters. The lowest BCUT2D eigenvalue weighted by molar-refractivity contribution is 0.0952. The average Bonchev–Trinajstić information content (AvgIpc) is 3.57. The van der Waals surface area contributed by atoms with Crippen LogP contribution < -0.4 is 16.6 Å². The number of pyridine rings is 2. The Hall–Kier alpha value is -3.66. The van der Waals surface area contributed by atoms with Gasteiger partial charge >= 0.3 is 5.69 Å². The highest BCUT2D eigenvalue weighted by molar-refractivity contribution is 7.09. The molecular formula is C24H24N6O3S. The van der Waals surface area contributed by atoms with E-state index >= 15 is 0 Å². The Bertz CT molecular complexity index is 1480. The zero-order valence-corrected chi connectivity index (χ0v) is 19.7. The number of nitrogens with zero attached hydrogens (tertiary/aromatic N) is 4. The third kappa shape index (κ3) is 4.41. The van der Waals surface area contributed by atoms with Gasteiger partial charge < -0.3 is 5.32 Å².